The van der Waals surface area contributed by atoms with Crippen LogP contribution in [-0.2, 0) is 27.9 Å². The zero-order valence-electron chi connectivity index (χ0n) is 21.7. The van der Waals surface area contributed by atoms with Crippen LogP contribution in [0.3, 0.4) is 0 Å². The van der Waals surface area contributed by atoms with E-state index >= 15 is 0 Å². The van der Waals surface area contributed by atoms with Gasteiger partial charge in [0.05, 0.1) is 19.2 Å². The minimum atomic E-state index is -0.832. The Labute approximate surface area is 227 Å². The minimum Gasteiger partial charge on any atom is -0.481 e. The molecule has 198 valence electrons. The number of rotatable bonds is 6. The number of carboxylic acid groups (broad SMARTS) is 1. The first-order valence-corrected chi connectivity index (χ1v) is 13.5. The number of benzene rings is 2. The highest BCUT2D eigenvalue weighted by atomic mass is 35.5. The van der Waals surface area contributed by atoms with Gasteiger partial charge in [0.1, 0.15) is 5.02 Å². The van der Waals surface area contributed by atoms with Crippen LogP contribution in [-0.4, -0.2) is 59.3 Å². The third-order valence-electron chi connectivity index (χ3n) is 8.06. The zero-order chi connectivity index (χ0) is 26.4. The summed E-state index contributed by atoms with van der Waals surface area (Å²) in [5.74, 6) is 0.588. The lowest BCUT2D eigenvalue weighted by atomic mass is 9.81. The van der Waals surface area contributed by atoms with E-state index in [-0.39, 0.29) is 6.42 Å². The molecule has 3 aliphatic heterocycles. The average Bonchev–Trinajstić information content (AvgIpc) is 3.51. The van der Waals surface area contributed by atoms with Crippen LogP contribution < -0.4 is 10.2 Å². The molecule has 0 saturated carbocycles. The Morgan fingerprint density at radius 3 is 2.95 bits per heavy atom. The molecule has 1 fully saturated rings. The van der Waals surface area contributed by atoms with E-state index in [1.54, 1.807) is 6.20 Å². The van der Waals surface area contributed by atoms with Crippen molar-refractivity contribution in [1.29, 1.82) is 0 Å². The molecule has 8 nitrogen and oxygen atoms in total. The molecule has 2 unspecified atom stereocenters. The standard InChI is InChI=1S/C29H32ClN5O3/c1-29(13-26(36)37)17-35(25-6-4-3-5-23(25)29)27-24(30)14-31-28(33-27)32-20-11-19-15-34(2)9-7-21(19)22(12-20)18-8-10-38-16-18/h3-6,11-12,14,18H,7-10,13,15-17H2,1-2H3,(H,36,37)(H,31,32,33). The summed E-state index contributed by atoms with van der Waals surface area (Å²) < 4.78 is 5.72. The Morgan fingerprint density at radius 2 is 2.16 bits per heavy atom. The van der Waals surface area contributed by atoms with Crippen molar-refractivity contribution in [3.05, 3.63) is 69.9 Å². The summed E-state index contributed by atoms with van der Waals surface area (Å²) >= 11 is 6.64. The number of halogens is 1. The van der Waals surface area contributed by atoms with Gasteiger partial charge < -0.3 is 25.0 Å². The fraction of sp³-hybridized carbons (Fsp3) is 0.414. The molecule has 3 aromatic rings. The molecule has 0 amide bonds. The van der Waals surface area contributed by atoms with Gasteiger partial charge in [0.15, 0.2) is 5.82 Å². The number of aliphatic carboxylic acids is 1. The first-order valence-electron chi connectivity index (χ1n) is 13.1. The Morgan fingerprint density at radius 1 is 1.32 bits per heavy atom. The lowest BCUT2D eigenvalue weighted by Gasteiger charge is -2.29. The van der Waals surface area contributed by atoms with Gasteiger partial charge in [-0.1, -0.05) is 36.7 Å². The van der Waals surface area contributed by atoms with Gasteiger partial charge in [0.25, 0.3) is 0 Å². The van der Waals surface area contributed by atoms with E-state index in [0.29, 0.717) is 29.3 Å². The third kappa shape index (κ3) is 4.61. The Kier molecular flexibility index (Phi) is 6.50. The summed E-state index contributed by atoms with van der Waals surface area (Å²) in [6.07, 6.45) is 3.71. The van der Waals surface area contributed by atoms with E-state index in [2.05, 4.69) is 34.4 Å². The number of likely N-dealkylation sites (N-methyl/N-ethyl adjacent to an activating group) is 1. The van der Waals surface area contributed by atoms with Crippen LogP contribution in [0.25, 0.3) is 0 Å². The third-order valence-corrected chi connectivity index (χ3v) is 8.33. The van der Waals surface area contributed by atoms with E-state index in [1.165, 1.54) is 16.7 Å². The second-order valence-corrected chi connectivity index (χ2v) is 11.4. The monoisotopic (exact) mass is 533 g/mol. The molecule has 3 aliphatic rings. The van der Waals surface area contributed by atoms with E-state index < -0.39 is 11.4 Å². The predicted octanol–water partition coefficient (Wildman–Crippen LogP) is 5.25. The van der Waals surface area contributed by atoms with Crippen LogP contribution in [0.2, 0.25) is 5.02 Å². The number of para-hydroxylation sites is 1. The molecule has 2 N–H and O–H groups in total. The van der Waals surface area contributed by atoms with Crippen molar-refractivity contribution in [1.82, 2.24) is 14.9 Å². The molecule has 9 heteroatoms. The van der Waals surface area contributed by atoms with Gasteiger partial charge in [0.2, 0.25) is 5.95 Å². The number of hydrogen-bond donors (Lipinski definition) is 2. The Balaban J connectivity index is 1.35. The van der Waals surface area contributed by atoms with Crippen LogP contribution >= 0.6 is 11.6 Å². The van der Waals surface area contributed by atoms with Crippen molar-refractivity contribution in [2.24, 2.45) is 0 Å². The van der Waals surface area contributed by atoms with Crippen LogP contribution in [0.1, 0.15) is 47.9 Å². The van der Waals surface area contributed by atoms with Crippen LogP contribution in [0.4, 0.5) is 23.1 Å². The van der Waals surface area contributed by atoms with Gasteiger partial charge in [-0.25, -0.2) is 4.98 Å². The van der Waals surface area contributed by atoms with E-state index in [0.717, 1.165) is 56.1 Å². The fourth-order valence-electron chi connectivity index (χ4n) is 6.24. The SMILES string of the molecule is CN1CCc2c(cc(Nc3ncc(Cl)c(N4CC(C)(CC(=O)O)c5ccccc54)n3)cc2C2CCOC2)C1. The molecule has 0 spiro atoms. The van der Waals surface area contributed by atoms with Crippen molar-refractivity contribution in [3.63, 3.8) is 0 Å². The maximum Gasteiger partial charge on any atom is 0.304 e. The summed E-state index contributed by atoms with van der Waals surface area (Å²) in [5, 5.41) is 13.5. The molecular weight excluding hydrogens is 502 g/mol. The summed E-state index contributed by atoms with van der Waals surface area (Å²) in [6.45, 7) is 5.97. The van der Waals surface area contributed by atoms with Gasteiger partial charge in [-0.15, -0.1) is 0 Å². The molecular formula is C29H32ClN5O3. The molecule has 0 radical (unpaired) electrons. The number of nitrogens with zero attached hydrogens (tertiary/aromatic N) is 4. The number of carbonyl (C=O) groups is 1. The molecule has 0 aliphatic carbocycles. The fourth-order valence-corrected chi connectivity index (χ4v) is 6.43. The maximum atomic E-state index is 11.7. The smallest absolute Gasteiger partial charge is 0.304 e. The van der Waals surface area contributed by atoms with Gasteiger partial charge in [-0.3, -0.25) is 4.79 Å². The number of anilines is 4. The van der Waals surface area contributed by atoms with Gasteiger partial charge in [-0.05, 0) is 60.3 Å². The first-order chi connectivity index (χ1) is 18.3. The quantitative estimate of drug-likeness (QED) is 0.444. The molecule has 6 rings (SSSR count). The predicted molar refractivity (Wildman–Crippen MR) is 148 cm³/mol. The van der Waals surface area contributed by atoms with Crippen molar-refractivity contribution < 1.29 is 14.6 Å². The average molecular weight is 534 g/mol. The number of ether oxygens (including phenoxy) is 1. The Hall–Kier alpha value is -3.20. The lowest BCUT2D eigenvalue weighted by molar-refractivity contribution is -0.138. The maximum absolute atomic E-state index is 11.7. The van der Waals surface area contributed by atoms with Crippen LogP contribution in [0.5, 0.6) is 0 Å². The van der Waals surface area contributed by atoms with Crippen LogP contribution in [0.15, 0.2) is 42.6 Å². The highest BCUT2D eigenvalue weighted by molar-refractivity contribution is 6.33. The molecule has 1 aromatic heterocycles. The largest absolute Gasteiger partial charge is 0.481 e. The first kappa shape index (κ1) is 25.1. The number of fused-ring (bicyclic) bond motifs is 2. The minimum absolute atomic E-state index is 0.0194. The summed E-state index contributed by atoms with van der Waals surface area (Å²) in [4.78, 5) is 25.4. The summed E-state index contributed by atoms with van der Waals surface area (Å²) in [6, 6.07) is 12.3. The lowest BCUT2D eigenvalue weighted by Crippen LogP contribution is -2.31. The number of hydrogen-bond acceptors (Lipinski definition) is 7. The van der Waals surface area contributed by atoms with Gasteiger partial charge in [-0.2, -0.15) is 4.98 Å². The topological polar surface area (TPSA) is 90.8 Å². The van der Waals surface area contributed by atoms with E-state index in [1.807, 2.05) is 36.1 Å². The highest BCUT2D eigenvalue weighted by Gasteiger charge is 2.42. The second-order valence-electron chi connectivity index (χ2n) is 11.0. The second kappa shape index (κ2) is 9.84. The summed E-state index contributed by atoms with van der Waals surface area (Å²) in [5.41, 5.74) is 6.44. The van der Waals surface area contributed by atoms with Crippen LogP contribution in [0, 0.1) is 0 Å². The zero-order valence-corrected chi connectivity index (χ0v) is 22.5. The highest BCUT2D eigenvalue weighted by Crippen LogP contribution is 2.47. The summed E-state index contributed by atoms with van der Waals surface area (Å²) in [7, 11) is 2.15. The molecule has 1 saturated heterocycles. The molecule has 2 atom stereocenters. The van der Waals surface area contributed by atoms with E-state index in [9.17, 15) is 9.90 Å². The van der Waals surface area contributed by atoms with Gasteiger partial charge >= 0.3 is 5.97 Å². The number of nitrogens with one attached hydrogen (secondary N) is 1. The van der Waals surface area contributed by atoms with E-state index in [4.69, 9.17) is 21.3 Å². The number of carboxylic acids is 1. The molecule has 38 heavy (non-hydrogen) atoms. The molecule has 4 heterocycles. The van der Waals surface area contributed by atoms with Crippen molar-refractivity contribution in [2.45, 2.75) is 44.1 Å². The molecule has 0 bridgehead atoms. The van der Waals surface area contributed by atoms with Crippen molar-refractivity contribution in [3.8, 4) is 0 Å². The van der Waals surface area contributed by atoms with Crippen molar-refractivity contribution >= 4 is 40.7 Å². The Bertz CT molecular complexity index is 1390. The molecule has 2 aromatic carbocycles. The van der Waals surface area contributed by atoms with Crippen molar-refractivity contribution in [2.75, 3.05) is 43.6 Å². The number of aromatic nitrogens is 2. The normalized spacial score (nSPS) is 22.8. The van der Waals surface area contributed by atoms with Gasteiger partial charge in [0, 0.05) is 48.9 Å².